The molecule has 0 saturated heterocycles. The molecule has 0 aliphatic carbocycles. The maximum atomic E-state index is 13.8. The fourth-order valence-electron chi connectivity index (χ4n) is 2.22. The lowest BCUT2D eigenvalue weighted by atomic mass is 10.1. The van der Waals surface area contributed by atoms with Crippen LogP contribution in [-0.4, -0.2) is 11.9 Å². The summed E-state index contributed by atoms with van der Waals surface area (Å²) in [6.45, 7) is 3.25. The predicted octanol–water partition coefficient (Wildman–Crippen LogP) is 4.44. The quantitative estimate of drug-likeness (QED) is 0.831. The first-order valence-electron chi connectivity index (χ1n) is 7.25. The van der Waals surface area contributed by atoms with Gasteiger partial charge in [-0.1, -0.05) is 17.7 Å². The molecule has 1 amide bonds. The highest BCUT2D eigenvalue weighted by Crippen LogP contribution is 2.23. The van der Waals surface area contributed by atoms with Gasteiger partial charge in [-0.15, -0.1) is 0 Å². The molecule has 0 radical (unpaired) electrons. The molecule has 2 rings (SSSR count). The summed E-state index contributed by atoms with van der Waals surface area (Å²) >= 11 is 5.86. The molecule has 2 atom stereocenters. The van der Waals surface area contributed by atoms with E-state index < -0.39 is 35.4 Å². The highest BCUT2D eigenvalue weighted by molar-refractivity contribution is 6.33. The first-order chi connectivity index (χ1) is 11.3. The Bertz CT molecular complexity index is 755. The van der Waals surface area contributed by atoms with Gasteiger partial charge >= 0.3 is 0 Å². The van der Waals surface area contributed by atoms with Crippen molar-refractivity contribution in [3.63, 3.8) is 0 Å². The molecule has 2 aromatic rings. The zero-order valence-electron chi connectivity index (χ0n) is 13.0. The normalized spacial score (nSPS) is 13.4. The maximum Gasteiger partial charge on any atom is 0.241 e. The number of nitrogens with one attached hydrogen (secondary N) is 2. The molecule has 0 bridgehead atoms. The monoisotopic (exact) mass is 356 g/mol. The molecule has 0 aliphatic heterocycles. The van der Waals surface area contributed by atoms with Crippen LogP contribution in [0.3, 0.4) is 0 Å². The molecule has 128 valence electrons. The van der Waals surface area contributed by atoms with Gasteiger partial charge in [-0.2, -0.15) is 0 Å². The topological polar surface area (TPSA) is 41.1 Å². The number of benzene rings is 2. The summed E-state index contributed by atoms with van der Waals surface area (Å²) in [4.78, 5) is 12.2. The van der Waals surface area contributed by atoms with Crippen LogP contribution in [0, 0.1) is 17.5 Å². The van der Waals surface area contributed by atoms with Crippen LogP contribution in [-0.2, 0) is 4.79 Å². The lowest BCUT2D eigenvalue weighted by molar-refractivity contribution is -0.117. The van der Waals surface area contributed by atoms with Crippen LogP contribution >= 0.6 is 11.6 Å². The molecule has 0 saturated carbocycles. The van der Waals surface area contributed by atoms with Crippen LogP contribution in [0.5, 0.6) is 0 Å². The van der Waals surface area contributed by atoms with Gasteiger partial charge in [-0.25, -0.2) is 13.2 Å². The van der Waals surface area contributed by atoms with Crippen LogP contribution in [0.25, 0.3) is 0 Å². The molecule has 24 heavy (non-hydrogen) atoms. The third kappa shape index (κ3) is 4.49. The highest BCUT2D eigenvalue weighted by Gasteiger charge is 2.19. The summed E-state index contributed by atoms with van der Waals surface area (Å²) < 4.78 is 39.7. The van der Waals surface area contributed by atoms with Crippen molar-refractivity contribution in [3.05, 3.63) is 64.4 Å². The lowest BCUT2D eigenvalue weighted by Crippen LogP contribution is -2.39. The molecule has 0 fully saturated rings. The van der Waals surface area contributed by atoms with E-state index in [0.29, 0.717) is 0 Å². The Morgan fingerprint density at radius 3 is 2.29 bits per heavy atom. The Balaban J connectivity index is 2.02. The van der Waals surface area contributed by atoms with Crippen molar-refractivity contribution in [1.29, 1.82) is 0 Å². The van der Waals surface area contributed by atoms with Crippen LogP contribution in [0.15, 0.2) is 36.4 Å². The van der Waals surface area contributed by atoms with E-state index in [4.69, 9.17) is 11.6 Å². The van der Waals surface area contributed by atoms with E-state index in [-0.39, 0.29) is 16.3 Å². The van der Waals surface area contributed by atoms with Gasteiger partial charge in [0.25, 0.3) is 0 Å². The summed E-state index contributed by atoms with van der Waals surface area (Å²) in [5.74, 6) is -2.29. The second-order valence-corrected chi connectivity index (χ2v) is 5.80. The molecule has 0 aliphatic rings. The van der Waals surface area contributed by atoms with Gasteiger partial charge in [0, 0.05) is 17.7 Å². The fourth-order valence-corrected chi connectivity index (χ4v) is 2.44. The van der Waals surface area contributed by atoms with Gasteiger partial charge < -0.3 is 5.32 Å². The van der Waals surface area contributed by atoms with Crippen molar-refractivity contribution in [2.75, 3.05) is 5.32 Å². The first-order valence-corrected chi connectivity index (χ1v) is 7.62. The second kappa shape index (κ2) is 7.68. The Morgan fingerprint density at radius 2 is 1.67 bits per heavy atom. The van der Waals surface area contributed by atoms with Crippen molar-refractivity contribution in [1.82, 2.24) is 5.32 Å². The molecule has 3 nitrogen and oxygen atoms in total. The van der Waals surface area contributed by atoms with Gasteiger partial charge in [0.15, 0.2) is 0 Å². The average Bonchev–Trinajstić information content (AvgIpc) is 2.49. The third-order valence-corrected chi connectivity index (χ3v) is 3.82. The van der Waals surface area contributed by atoms with Gasteiger partial charge in [0.2, 0.25) is 5.91 Å². The Kier molecular flexibility index (Phi) is 5.85. The molecule has 2 N–H and O–H groups in total. The van der Waals surface area contributed by atoms with E-state index in [2.05, 4.69) is 10.6 Å². The summed E-state index contributed by atoms with van der Waals surface area (Å²) in [5, 5.41) is 5.56. The van der Waals surface area contributed by atoms with E-state index in [1.807, 2.05) is 0 Å². The predicted molar refractivity (Wildman–Crippen MR) is 87.4 cm³/mol. The molecular weight excluding hydrogens is 341 g/mol. The van der Waals surface area contributed by atoms with Crippen molar-refractivity contribution in [3.8, 4) is 0 Å². The van der Waals surface area contributed by atoms with E-state index in [1.165, 1.54) is 18.2 Å². The zero-order valence-corrected chi connectivity index (χ0v) is 13.8. The van der Waals surface area contributed by atoms with Gasteiger partial charge in [0.05, 0.1) is 16.8 Å². The van der Waals surface area contributed by atoms with Gasteiger partial charge in [0.1, 0.15) is 17.5 Å². The third-order valence-electron chi connectivity index (χ3n) is 3.51. The van der Waals surface area contributed by atoms with Gasteiger partial charge in [-0.05, 0) is 38.1 Å². The van der Waals surface area contributed by atoms with Gasteiger partial charge in [-0.3, -0.25) is 10.1 Å². The van der Waals surface area contributed by atoms with E-state index >= 15 is 0 Å². The van der Waals surface area contributed by atoms with Crippen molar-refractivity contribution < 1.29 is 18.0 Å². The number of carbonyl (C=O) groups excluding carboxylic acids is 1. The summed E-state index contributed by atoms with van der Waals surface area (Å²) in [7, 11) is 0. The highest BCUT2D eigenvalue weighted by atomic mass is 35.5. The minimum atomic E-state index is -0.691. The summed E-state index contributed by atoms with van der Waals surface area (Å²) in [6.07, 6.45) is 0. The number of amides is 1. The summed E-state index contributed by atoms with van der Waals surface area (Å²) in [6, 6.07) is 5.67. The van der Waals surface area contributed by atoms with Crippen molar-refractivity contribution in [2.24, 2.45) is 0 Å². The molecule has 0 unspecified atom stereocenters. The molecule has 7 heteroatoms. The van der Waals surface area contributed by atoms with Crippen LogP contribution in [0.2, 0.25) is 5.02 Å². The van der Waals surface area contributed by atoms with Crippen LogP contribution < -0.4 is 10.6 Å². The lowest BCUT2D eigenvalue weighted by Gasteiger charge is -2.20. The number of hydrogen-bond donors (Lipinski definition) is 2. The molecular formula is C17H16ClF3N2O. The summed E-state index contributed by atoms with van der Waals surface area (Å²) in [5.41, 5.74) is 0.521. The van der Waals surface area contributed by atoms with Crippen LogP contribution in [0.1, 0.15) is 25.5 Å². The SMILES string of the molecule is C[C@H](N[C@H](C)c1ccc(F)cc1F)C(=O)Nc1ccc(F)cc1Cl. The van der Waals surface area contributed by atoms with E-state index in [9.17, 15) is 18.0 Å². The van der Waals surface area contributed by atoms with E-state index in [1.54, 1.807) is 13.8 Å². The Morgan fingerprint density at radius 1 is 1.04 bits per heavy atom. The maximum absolute atomic E-state index is 13.8. The van der Waals surface area contributed by atoms with Crippen molar-refractivity contribution >= 4 is 23.2 Å². The zero-order chi connectivity index (χ0) is 17.9. The first kappa shape index (κ1) is 18.3. The molecule has 0 spiro atoms. The minimum absolute atomic E-state index is 0.0770. The number of rotatable bonds is 5. The number of carbonyl (C=O) groups is 1. The Hall–Kier alpha value is -2.05. The minimum Gasteiger partial charge on any atom is -0.323 e. The standard InChI is InChI=1S/C17H16ClF3N2O/c1-9(13-5-3-12(20)8-15(13)21)22-10(2)17(24)23-16-6-4-11(19)7-14(16)18/h3-10,22H,1-2H3,(H,23,24)/t9-,10+/m1/s1. The number of halogens is 4. The second-order valence-electron chi connectivity index (χ2n) is 5.39. The molecule has 0 heterocycles. The van der Waals surface area contributed by atoms with E-state index in [0.717, 1.165) is 18.2 Å². The number of anilines is 1. The largest absolute Gasteiger partial charge is 0.323 e. The smallest absolute Gasteiger partial charge is 0.241 e. The fraction of sp³-hybridized carbons (Fsp3) is 0.235. The molecule has 2 aromatic carbocycles. The Labute approximate surface area is 142 Å². The average molecular weight is 357 g/mol. The van der Waals surface area contributed by atoms with Crippen molar-refractivity contribution in [2.45, 2.75) is 25.9 Å². The molecule has 0 aromatic heterocycles. The van der Waals surface area contributed by atoms with Crippen LogP contribution in [0.4, 0.5) is 18.9 Å². The number of hydrogen-bond acceptors (Lipinski definition) is 2.